The first-order valence-corrected chi connectivity index (χ1v) is 5.39. The number of carbonyl (C=O) groups is 1. The molecule has 2 rings (SSSR count). The highest BCUT2D eigenvalue weighted by atomic mass is 79.9. The topological polar surface area (TPSA) is 54.9 Å². The molecule has 16 heavy (non-hydrogen) atoms. The van der Waals surface area contributed by atoms with E-state index in [0.717, 1.165) is 0 Å². The molecule has 0 radical (unpaired) electrons. The zero-order chi connectivity index (χ0) is 11.4. The fourth-order valence-electron chi connectivity index (χ4n) is 1.17. The van der Waals surface area contributed by atoms with Gasteiger partial charge in [-0.3, -0.25) is 4.79 Å². The summed E-state index contributed by atoms with van der Waals surface area (Å²) in [6, 6.07) is 8.62. The number of nitrogens with one attached hydrogen (secondary N) is 1. The average molecular weight is 278 g/mol. The van der Waals surface area contributed by atoms with Gasteiger partial charge in [-0.15, -0.1) is 0 Å². The highest BCUT2D eigenvalue weighted by molar-refractivity contribution is 9.10. The number of amides is 1. The first-order chi connectivity index (χ1) is 7.75. The Balaban J connectivity index is 2.15. The van der Waals surface area contributed by atoms with Gasteiger partial charge >= 0.3 is 0 Å². The monoisotopic (exact) mass is 277 g/mol. The Labute approximate surface area is 101 Å². The lowest BCUT2D eigenvalue weighted by Crippen LogP contribution is -2.12. The number of rotatable bonds is 2. The number of nitrogens with zero attached hydrogens (tertiary/aromatic N) is 2. The zero-order valence-electron chi connectivity index (χ0n) is 8.22. The van der Waals surface area contributed by atoms with Gasteiger partial charge < -0.3 is 5.32 Å². The Morgan fingerprint density at radius 2 is 2.06 bits per heavy atom. The van der Waals surface area contributed by atoms with E-state index in [9.17, 15) is 4.79 Å². The summed E-state index contributed by atoms with van der Waals surface area (Å²) in [4.78, 5) is 19.7. The van der Waals surface area contributed by atoms with Crippen molar-refractivity contribution in [1.29, 1.82) is 0 Å². The van der Waals surface area contributed by atoms with Gasteiger partial charge in [0, 0.05) is 18.0 Å². The Morgan fingerprint density at radius 3 is 2.75 bits per heavy atom. The van der Waals surface area contributed by atoms with Crippen LogP contribution in [0.3, 0.4) is 0 Å². The highest BCUT2D eigenvalue weighted by Gasteiger charge is 2.06. The second kappa shape index (κ2) is 4.85. The molecule has 0 unspecified atom stereocenters. The molecule has 80 valence electrons. The number of hydrogen-bond acceptors (Lipinski definition) is 3. The quantitative estimate of drug-likeness (QED) is 0.859. The number of hydrogen-bond donors (Lipinski definition) is 1. The number of pyridine rings is 2. The lowest BCUT2D eigenvalue weighted by Gasteiger charge is -2.03. The Kier molecular flexibility index (Phi) is 3.26. The molecule has 0 aliphatic carbocycles. The van der Waals surface area contributed by atoms with Crippen molar-refractivity contribution in [2.75, 3.05) is 5.32 Å². The molecule has 0 fully saturated rings. The third kappa shape index (κ3) is 2.64. The van der Waals surface area contributed by atoms with E-state index in [1.54, 1.807) is 36.7 Å². The lowest BCUT2D eigenvalue weighted by atomic mass is 10.2. The predicted molar refractivity (Wildman–Crippen MR) is 64.1 cm³/mol. The summed E-state index contributed by atoms with van der Waals surface area (Å²) in [7, 11) is 0. The molecule has 0 saturated heterocycles. The van der Waals surface area contributed by atoms with Gasteiger partial charge in [0.2, 0.25) is 0 Å². The van der Waals surface area contributed by atoms with E-state index in [1.807, 2.05) is 6.07 Å². The molecule has 0 spiro atoms. The van der Waals surface area contributed by atoms with E-state index in [2.05, 4.69) is 31.2 Å². The minimum absolute atomic E-state index is 0.207. The SMILES string of the molecule is O=C(Nc1ccccn1)c1ccnc(Br)c1. The van der Waals surface area contributed by atoms with Crippen LogP contribution in [0, 0.1) is 0 Å². The minimum atomic E-state index is -0.207. The maximum absolute atomic E-state index is 11.8. The summed E-state index contributed by atoms with van der Waals surface area (Å²) in [6.07, 6.45) is 3.19. The van der Waals surface area contributed by atoms with Crippen molar-refractivity contribution in [3.63, 3.8) is 0 Å². The molecule has 1 amide bonds. The van der Waals surface area contributed by atoms with E-state index in [4.69, 9.17) is 0 Å². The molecule has 0 bridgehead atoms. The molecular formula is C11H8BrN3O. The normalized spacial score (nSPS) is 9.81. The first-order valence-electron chi connectivity index (χ1n) is 4.59. The van der Waals surface area contributed by atoms with Gasteiger partial charge in [0.1, 0.15) is 10.4 Å². The number of anilines is 1. The molecule has 0 aliphatic heterocycles. The van der Waals surface area contributed by atoms with Crippen LogP contribution < -0.4 is 5.32 Å². The van der Waals surface area contributed by atoms with Gasteiger partial charge in [-0.2, -0.15) is 0 Å². The van der Waals surface area contributed by atoms with Crippen LogP contribution in [0.25, 0.3) is 0 Å². The third-order valence-electron chi connectivity index (χ3n) is 1.90. The first kappa shape index (κ1) is 10.8. The van der Waals surface area contributed by atoms with Crippen molar-refractivity contribution in [3.8, 4) is 0 Å². The standard InChI is InChI=1S/C11H8BrN3O/c12-9-7-8(4-6-13-9)11(16)15-10-3-1-2-5-14-10/h1-7H,(H,14,15,16). The fourth-order valence-corrected chi connectivity index (χ4v) is 1.53. The van der Waals surface area contributed by atoms with E-state index >= 15 is 0 Å². The van der Waals surface area contributed by atoms with Gasteiger partial charge in [-0.25, -0.2) is 9.97 Å². The van der Waals surface area contributed by atoms with Gasteiger partial charge in [-0.05, 0) is 40.2 Å². The molecule has 2 aromatic rings. The van der Waals surface area contributed by atoms with Crippen LogP contribution >= 0.6 is 15.9 Å². The fraction of sp³-hybridized carbons (Fsp3) is 0. The molecule has 1 N–H and O–H groups in total. The number of halogens is 1. The molecular weight excluding hydrogens is 270 g/mol. The van der Waals surface area contributed by atoms with E-state index < -0.39 is 0 Å². The second-order valence-corrected chi connectivity index (χ2v) is 3.85. The van der Waals surface area contributed by atoms with Crippen LogP contribution in [0.1, 0.15) is 10.4 Å². The van der Waals surface area contributed by atoms with Gasteiger partial charge in [0.15, 0.2) is 0 Å². The molecule has 0 atom stereocenters. The van der Waals surface area contributed by atoms with E-state index in [1.165, 1.54) is 0 Å². The summed E-state index contributed by atoms with van der Waals surface area (Å²) in [5.41, 5.74) is 0.535. The van der Waals surface area contributed by atoms with Crippen molar-refractivity contribution in [1.82, 2.24) is 9.97 Å². The van der Waals surface area contributed by atoms with Crippen LogP contribution in [0.2, 0.25) is 0 Å². The maximum Gasteiger partial charge on any atom is 0.256 e. The summed E-state index contributed by atoms with van der Waals surface area (Å²) in [6.45, 7) is 0. The smallest absolute Gasteiger partial charge is 0.256 e. The summed E-state index contributed by atoms with van der Waals surface area (Å²) in [5.74, 6) is 0.322. The van der Waals surface area contributed by atoms with Crippen molar-refractivity contribution in [2.24, 2.45) is 0 Å². The van der Waals surface area contributed by atoms with Gasteiger partial charge in [0.05, 0.1) is 0 Å². The maximum atomic E-state index is 11.8. The Morgan fingerprint density at radius 1 is 1.19 bits per heavy atom. The van der Waals surface area contributed by atoms with Gasteiger partial charge in [-0.1, -0.05) is 6.07 Å². The average Bonchev–Trinajstić information content (AvgIpc) is 2.30. The summed E-state index contributed by atoms with van der Waals surface area (Å²) in [5, 5.41) is 2.69. The van der Waals surface area contributed by atoms with Crippen LogP contribution in [0.5, 0.6) is 0 Å². The van der Waals surface area contributed by atoms with Crippen molar-refractivity contribution in [2.45, 2.75) is 0 Å². The predicted octanol–water partition coefficient (Wildman–Crippen LogP) is 2.49. The molecule has 2 heterocycles. The molecule has 5 heteroatoms. The number of carbonyl (C=O) groups excluding carboxylic acids is 1. The van der Waals surface area contributed by atoms with E-state index in [-0.39, 0.29) is 5.91 Å². The van der Waals surface area contributed by atoms with Gasteiger partial charge in [0.25, 0.3) is 5.91 Å². The highest BCUT2D eigenvalue weighted by Crippen LogP contribution is 2.10. The lowest BCUT2D eigenvalue weighted by molar-refractivity contribution is 0.102. The Bertz CT molecular complexity index is 502. The second-order valence-electron chi connectivity index (χ2n) is 3.04. The minimum Gasteiger partial charge on any atom is -0.307 e. The molecule has 4 nitrogen and oxygen atoms in total. The Hall–Kier alpha value is -1.75. The number of aromatic nitrogens is 2. The van der Waals surface area contributed by atoms with Crippen molar-refractivity contribution in [3.05, 3.63) is 52.9 Å². The van der Waals surface area contributed by atoms with Crippen molar-refractivity contribution < 1.29 is 4.79 Å². The van der Waals surface area contributed by atoms with Crippen LogP contribution in [0.4, 0.5) is 5.82 Å². The van der Waals surface area contributed by atoms with Crippen LogP contribution in [-0.4, -0.2) is 15.9 Å². The van der Waals surface area contributed by atoms with E-state index in [0.29, 0.717) is 16.0 Å². The molecule has 0 saturated carbocycles. The van der Waals surface area contributed by atoms with Crippen molar-refractivity contribution >= 4 is 27.7 Å². The third-order valence-corrected chi connectivity index (χ3v) is 2.33. The summed E-state index contributed by atoms with van der Waals surface area (Å²) >= 11 is 3.21. The molecule has 0 aromatic carbocycles. The largest absolute Gasteiger partial charge is 0.307 e. The summed E-state index contributed by atoms with van der Waals surface area (Å²) < 4.78 is 0.626. The zero-order valence-corrected chi connectivity index (χ0v) is 9.81. The van der Waals surface area contributed by atoms with Crippen LogP contribution in [0.15, 0.2) is 47.3 Å². The molecule has 0 aliphatic rings. The van der Waals surface area contributed by atoms with Crippen LogP contribution in [-0.2, 0) is 0 Å². The molecule has 2 aromatic heterocycles.